The first-order valence-electron chi connectivity index (χ1n) is 9.04. The standard InChI is InChI=1S/C22H29NO2/c1-6-20(18-13-11-16(4)12-14-18)23-22(24)17(5)25-21-10-8-7-9-19(21)15(2)3/h7-15,17,20H,6H2,1-5H3,(H,23,24)/t17-,20-/m0/s1. The molecule has 2 atom stereocenters. The lowest BCUT2D eigenvalue weighted by molar-refractivity contribution is -0.128. The minimum Gasteiger partial charge on any atom is -0.481 e. The Balaban J connectivity index is 2.05. The molecule has 0 heterocycles. The summed E-state index contributed by atoms with van der Waals surface area (Å²) in [4.78, 5) is 12.6. The Hall–Kier alpha value is -2.29. The Morgan fingerprint density at radius 1 is 1.04 bits per heavy atom. The van der Waals surface area contributed by atoms with Crippen LogP contribution in [0.15, 0.2) is 48.5 Å². The van der Waals surface area contributed by atoms with Gasteiger partial charge in [0.15, 0.2) is 6.10 Å². The molecule has 3 nitrogen and oxygen atoms in total. The van der Waals surface area contributed by atoms with Gasteiger partial charge in [-0.25, -0.2) is 0 Å². The average molecular weight is 339 g/mol. The first-order chi connectivity index (χ1) is 11.9. The Labute approximate surface area is 151 Å². The molecule has 25 heavy (non-hydrogen) atoms. The van der Waals surface area contributed by atoms with Crippen molar-refractivity contribution in [2.45, 2.75) is 59.1 Å². The predicted molar refractivity (Wildman–Crippen MR) is 103 cm³/mol. The van der Waals surface area contributed by atoms with Crippen molar-refractivity contribution in [3.8, 4) is 5.75 Å². The monoisotopic (exact) mass is 339 g/mol. The lowest BCUT2D eigenvalue weighted by Crippen LogP contribution is -2.38. The van der Waals surface area contributed by atoms with E-state index in [1.807, 2.05) is 24.3 Å². The van der Waals surface area contributed by atoms with Crippen LogP contribution in [0.4, 0.5) is 0 Å². The fraction of sp³-hybridized carbons (Fsp3) is 0.409. The molecule has 0 aliphatic rings. The highest BCUT2D eigenvalue weighted by molar-refractivity contribution is 5.81. The second-order valence-corrected chi connectivity index (χ2v) is 6.83. The number of carbonyl (C=O) groups excluding carboxylic acids is 1. The first-order valence-corrected chi connectivity index (χ1v) is 9.04. The summed E-state index contributed by atoms with van der Waals surface area (Å²) in [6, 6.07) is 16.2. The molecule has 3 heteroatoms. The highest BCUT2D eigenvalue weighted by Gasteiger charge is 2.20. The zero-order valence-electron chi connectivity index (χ0n) is 15.9. The number of para-hydroxylation sites is 1. The summed E-state index contributed by atoms with van der Waals surface area (Å²) >= 11 is 0. The summed E-state index contributed by atoms with van der Waals surface area (Å²) < 4.78 is 5.96. The topological polar surface area (TPSA) is 38.3 Å². The maximum atomic E-state index is 12.6. The van der Waals surface area contributed by atoms with Crippen molar-refractivity contribution in [2.75, 3.05) is 0 Å². The first kappa shape index (κ1) is 19.0. The van der Waals surface area contributed by atoms with E-state index in [0.29, 0.717) is 5.92 Å². The van der Waals surface area contributed by atoms with Crippen LogP contribution >= 0.6 is 0 Å². The van der Waals surface area contributed by atoms with Crippen molar-refractivity contribution < 1.29 is 9.53 Å². The molecule has 2 aromatic carbocycles. The van der Waals surface area contributed by atoms with Gasteiger partial charge in [-0.15, -0.1) is 0 Å². The maximum absolute atomic E-state index is 12.6. The molecule has 0 aliphatic heterocycles. The van der Waals surface area contributed by atoms with Crippen LogP contribution in [0.25, 0.3) is 0 Å². The Morgan fingerprint density at radius 3 is 2.28 bits per heavy atom. The van der Waals surface area contributed by atoms with Gasteiger partial charge in [0.2, 0.25) is 0 Å². The zero-order chi connectivity index (χ0) is 18.4. The summed E-state index contributed by atoms with van der Waals surface area (Å²) in [6.45, 7) is 10.2. The zero-order valence-corrected chi connectivity index (χ0v) is 15.9. The quantitative estimate of drug-likeness (QED) is 0.757. The second-order valence-electron chi connectivity index (χ2n) is 6.83. The molecule has 2 rings (SSSR count). The summed E-state index contributed by atoms with van der Waals surface area (Å²) in [5, 5.41) is 3.11. The molecule has 0 saturated carbocycles. The molecule has 0 aliphatic carbocycles. The van der Waals surface area contributed by atoms with Gasteiger partial charge < -0.3 is 10.1 Å². The number of aryl methyl sites for hydroxylation is 1. The van der Waals surface area contributed by atoms with E-state index in [1.54, 1.807) is 6.92 Å². The van der Waals surface area contributed by atoms with E-state index < -0.39 is 6.10 Å². The van der Waals surface area contributed by atoms with Gasteiger partial charge in [0.1, 0.15) is 5.75 Å². The van der Waals surface area contributed by atoms with E-state index in [9.17, 15) is 4.79 Å². The predicted octanol–water partition coefficient (Wildman–Crippen LogP) is 5.15. The van der Waals surface area contributed by atoms with Gasteiger partial charge in [0, 0.05) is 0 Å². The van der Waals surface area contributed by atoms with Crippen molar-refractivity contribution in [3.05, 3.63) is 65.2 Å². The van der Waals surface area contributed by atoms with Crippen LogP contribution in [0.2, 0.25) is 0 Å². The van der Waals surface area contributed by atoms with Crippen LogP contribution in [-0.2, 0) is 4.79 Å². The number of benzene rings is 2. The van der Waals surface area contributed by atoms with E-state index in [4.69, 9.17) is 4.74 Å². The maximum Gasteiger partial charge on any atom is 0.261 e. The second kappa shape index (κ2) is 8.70. The van der Waals surface area contributed by atoms with Gasteiger partial charge in [0.05, 0.1) is 6.04 Å². The van der Waals surface area contributed by atoms with Gasteiger partial charge >= 0.3 is 0 Å². The molecule has 1 N–H and O–H groups in total. The van der Waals surface area contributed by atoms with Gasteiger partial charge in [0.25, 0.3) is 5.91 Å². The fourth-order valence-corrected chi connectivity index (χ4v) is 2.82. The highest BCUT2D eigenvalue weighted by atomic mass is 16.5. The number of rotatable bonds is 7. The minimum atomic E-state index is -0.542. The number of carbonyl (C=O) groups is 1. The largest absolute Gasteiger partial charge is 0.481 e. The molecular weight excluding hydrogens is 310 g/mol. The van der Waals surface area contributed by atoms with Crippen molar-refractivity contribution >= 4 is 5.91 Å². The van der Waals surface area contributed by atoms with Crippen LogP contribution in [0.5, 0.6) is 5.75 Å². The third-order valence-electron chi connectivity index (χ3n) is 4.42. The van der Waals surface area contributed by atoms with Crippen LogP contribution < -0.4 is 10.1 Å². The number of hydrogen-bond acceptors (Lipinski definition) is 2. The van der Waals surface area contributed by atoms with Crippen molar-refractivity contribution in [1.29, 1.82) is 0 Å². The highest BCUT2D eigenvalue weighted by Crippen LogP contribution is 2.27. The third-order valence-corrected chi connectivity index (χ3v) is 4.42. The molecule has 0 unspecified atom stereocenters. The molecular formula is C22H29NO2. The van der Waals surface area contributed by atoms with Gasteiger partial charge in [-0.1, -0.05) is 68.8 Å². The summed E-state index contributed by atoms with van der Waals surface area (Å²) in [5.74, 6) is 1.04. The lowest BCUT2D eigenvalue weighted by atomic mass is 10.0. The Kier molecular flexibility index (Phi) is 6.63. The molecule has 0 spiro atoms. The minimum absolute atomic E-state index is 0.000470. The SMILES string of the molecule is CC[C@H](NC(=O)[C@H](C)Oc1ccccc1C(C)C)c1ccc(C)cc1. The summed E-state index contributed by atoms with van der Waals surface area (Å²) in [6.07, 6.45) is 0.295. The third kappa shape index (κ3) is 5.09. The Morgan fingerprint density at radius 2 is 1.68 bits per heavy atom. The van der Waals surface area contributed by atoms with Crippen molar-refractivity contribution in [2.24, 2.45) is 0 Å². The van der Waals surface area contributed by atoms with Gasteiger partial charge in [-0.05, 0) is 43.4 Å². The van der Waals surface area contributed by atoms with E-state index in [-0.39, 0.29) is 11.9 Å². The summed E-state index contributed by atoms with van der Waals surface area (Å²) in [5.41, 5.74) is 3.45. The number of nitrogens with one attached hydrogen (secondary N) is 1. The van der Waals surface area contributed by atoms with Gasteiger partial charge in [-0.3, -0.25) is 4.79 Å². The number of ether oxygens (including phenoxy) is 1. The number of hydrogen-bond donors (Lipinski definition) is 1. The van der Waals surface area contributed by atoms with Crippen LogP contribution in [0.3, 0.4) is 0 Å². The molecule has 134 valence electrons. The Bertz CT molecular complexity index is 691. The van der Waals surface area contributed by atoms with E-state index in [0.717, 1.165) is 23.3 Å². The van der Waals surface area contributed by atoms with E-state index in [2.05, 4.69) is 57.3 Å². The molecule has 0 bridgehead atoms. The summed E-state index contributed by atoms with van der Waals surface area (Å²) in [7, 11) is 0. The molecule has 0 saturated heterocycles. The molecule has 0 aromatic heterocycles. The van der Waals surface area contributed by atoms with Crippen LogP contribution in [-0.4, -0.2) is 12.0 Å². The number of amides is 1. The van der Waals surface area contributed by atoms with E-state index >= 15 is 0 Å². The van der Waals surface area contributed by atoms with Crippen molar-refractivity contribution in [3.63, 3.8) is 0 Å². The molecule has 0 fully saturated rings. The average Bonchev–Trinajstić information content (AvgIpc) is 2.60. The molecule has 0 radical (unpaired) electrons. The normalized spacial score (nSPS) is 13.4. The smallest absolute Gasteiger partial charge is 0.261 e. The van der Waals surface area contributed by atoms with Gasteiger partial charge in [-0.2, -0.15) is 0 Å². The fourth-order valence-electron chi connectivity index (χ4n) is 2.82. The van der Waals surface area contributed by atoms with Crippen molar-refractivity contribution in [1.82, 2.24) is 5.32 Å². The van der Waals surface area contributed by atoms with E-state index in [1.165, 1.54) is 5.56 Å². The van der Waals surface area contributed by atoms with Crippen LogP contribution in [0.1, 0.15) is 62.8 Å². The van der Waals surface area contributed by atoms with Crippen LogP contribution in [0, 0.1) is 6.92 Å². The lowest BCUT2D eigenvalue weighted by Gasteiger charge is -2.22. The molecule has 2 aromatic rings. The molecule has 1 amide bonds.